The number of hydrogen-bond donors (Lipinski definition) is 1. The third-order valence-corrected chi connectivity index (χ3v) is 3.06. The van der Waals surface area contributed by atoms with Crippen molar-refractivity contribution >= 4 is 0 Å². The molecule has 0 unspecified atom stereocenters. The highest BCUT2D eigenvalue weighted by Crippen LogP contribution is 2.29. The molecule has 2 heterocycles. The van der Waals surface area contributed by atoms with Crippen LogP contribution in [0.25, 0.3) is 0 Å². The molecule has 0 spiro atoms. The maximum atomic E-state index is 8.54. The first kappa shape index (κ1) is 13.2. The van der Waals surface area contributed by atoms with Crippen LogP contribution in [0.1, 0.15) is 0 Å². The first-order valence-corrected chi connectivity index (χ1v) is 5.93. The first-order valence-electron chi connectivity index (χ1n) is 5.93. The molecule has 2 rings (SSSR count). The van der Waals surface area contributed by atoms with E-state index >= 15 is 0 Å². The minimum atomic E-state index is -0.0436. The van der Waals surface area contributed by atoms with Gasteiger partial charge in [-0.25, -0.2) is 0 Å². The largest absolute Gasteiger partial charge is 0.394 e. The summed E-state index contributed by atoms with van der Waals surface area (Å²) in [6.45, 7) is 2.44. The van der Waals surface area contributed by atoms with E-state index < -0.39 is 0 Å². The molecular formula is C11H20O6. The molecule has 0 amide bonds. The van der Waals surface area contributed by atoms with Gasteiger partial charge in [-0.15, -0.1) is 0 Å². The monoisotopic (exact) mass is 248 g/mol. The van der Waals surface area contributed by atoms with Crippen molar-refractivity contribution in [3.8, 4) is 0 Å². The van der Waals surface area contributed by atoms with E-state index in [1.165, 1.54) is 0 Å². The van der Waals surface area contributed by atoms with Crippen LogP contribution in [0.4, 0.5) is 0 Å². The number of hydrogen-bond acceptors (Lipinski definition) is 6. The molecule has 0 aromatic rings. The van der Waals surface area contributed by atoms with Gasteiger partial charge in [0.15, 0.2) is 0 Å². The molecule has 0 radical (unpaired) electrons. The highest BCUT2D eigenvalue weighted by molar-refractivity contribution is 4.95. The van der Waals surface area contributed by atoms with E-state index in [0.717, 1.165) is 0 Å². The van der Waals surface area contributed by atoms with Crippen molar-refractivity contribution in [1.82, 2.24) is 0 Å². The molecule has 100 valence electrons. The zero-order chi connectivity index (χ0) is 12.1. The van der Waals surface area contributed by atoms with E-state index in [0.29, 0.717) is 33.0 Å². The fourth-order valence-corrected chi connectivity index (χ4v) is 2.20. The number of ether oxygens (including phenoxy) is 5. The van der Waals surface area contributed by atoms with Crippen molar-refractivity contribution in [1.29, 1.82) is 0 Å². The standard InChI is InChI=1S/C11H20O6/c1-13-8-6-16-11-9(7-17-10(8)11)15-5-4-14-3-2-12/h8-12H,2-7H2,1H3/t8-,9-,10-,11-/m1/s1. The van der Waals surface area contributed by atoms with E-state index in [9.17, 15) is 0 Å². The third-order valence-electron chi connectivity index (χ3n) is 3.06. The second kappa shape index (κ2) is 6.63. The second-order valence-corrected chi connectivity index (χ2v) is 4.12. The molecule has 17 heavy (non-hydrogen) atoms. The van der Waals surface area contributed by atoms with Gasteiger partial charge in [-0.2, -0.15) is 0 Å². The van der Waals surface area contributed by atoms with Gasteiger partial charge in [0.2, 0.25) is 0 Å². The van der Waals surface area contributed by atoms with Gasteiger partial charge >= 0.3 is 0 Å². The van der Waals surface area contributed by atoms with E-state index in [4.69, 9.17) is 28.8 Å². The maximum Gasteiger partial charge on any atom is 0.115 e. The molecule has 6 nitrogen and oxygen atoms in total. The van der Waals surface area contributed by atoms with E-state index in [2.05, 4.69) is 0 Å². The zero-order valence-corrected chi connectivity index (χ0v) is 10.0. The lowest BCUT2D eigenvalue weighted by atomic mass is 10.1. The Morgan fingerprint density at radius 2 is 1.76 bits per heavy atom. The van der Waals surface area contributed by atoms with Crippen LogP contribution in [0, 0.1) is 0 Å². The van der Waals surface area contributed by atoms with Gasteiger partial charge in [-0.05, 0) is 0 Å². The normalized spacial score (nSPS) is 36.4. The van der Waals surface area contributed by atoms with Crippen LogP contribution in [0.3, 0.4) is 0 Å². The zero-order valence-electron chi connectivity index (χ0n) is 10.0. The Balaban J connectivity index is 1.66. The number of aliphatic hydroxyl groups excluding tert-OH is 1. The van der Waals surface area contributed by atoms with Crippen LogP contribution in [0.5, 0.6) is 0 Å². The molecule has 2 aliphatic heterocycles. The molecule has 0 saturated carbocycles. The molecule has 4 atom stereocenters. The van der Waals surface area contributed by atoms with Gasteiger partial charge in [0.05, 0.1) is 39.6 Å². The lowest BCUT2D eigenvalue weighted by molar-refractivity contribution is -0.0575. The van der Waals surface area contributed by atoms with E-state index in [1.54, 1.807) is 7.11 Å². The predicted octanol–water partition coefficient (Wildman–Crippen LogP) is -0.807. The Kier molecular flexibility index (Phi) is 5.15. The molecule has 0 bridgehead atoms. The first-order chi connectivity index (χ1) is 8.36. The molecule has 2 aliphatic rings. The highest BCUT2D eigenvalue weighted by atomic mass is 16.6. The minimum absolute atomic E-state index is 0.0108. The third kappa shape index (κ3) is 3.15. The molecule has 0 aromatic heterocycles. The highest BCUT2D eigenvalue weighted by Gasteiger charge is 2.48. The molecule has 6 heteroatoms. The van der Waals surface area contributed by atoms with Crippen molar-refractivity contribution in [2.45, 2.75) is 24.4 Å². The van der Waals surface area contributed by atoms with Crippen molar-refractivity contribution in [2.75, 3.05) is 46.8 Å². The molecule has 2 fully saturated rings. The smallest absolute Gasteiger partial charge is 0.115 e. The van der Waals surface area contributed by atoms with Gasteiger partial charge in [0.1, 0.15) is 24.4 Å². The maximum absolute atomic E-state index is 8.54. The van der Waals surface area contributed by atoms with Crippen LogP contribution >= 0.6 is 0 Å². The summed E-state index contributed by atoms with van der Waals surface area (Å²) in [6.07, 6.45) is -0.0710. The van der Waals surface area contributed by atoms with Crippen molar-refractivity contribution in [3.63, 3.8) is 0 Å². The van der Waals surface area contributed by atoms with E-state index in [1.807, 2.05) is 0 Å². The van der Waals surface area contributed by atoms with Crippen molar-refractivity contribution in [2.24, 2.45) is 0 Å². The summed E-state index contributed by atoms with van der Waals surface area (Å²) in [4.78, 5) is 0. The molecule has 0 aliphatic carbocycles. The summed E-state index contributed by atoms with van der Waals surface area (Å²) < 4.78 is 27.3. The van der Waals surface area contributed by atoms with Gasteiger partial charge in [-0.1, -0.05) is 0 Å². The lowest BCUT2D eigenvalue weighted by Crippen LogP contribution is -2.34. The summed E-state index contributed by atoms with van der Waals surface area (Å²) in [5, 5.41) is 8.54. The minimum Gasteiger partial charge on any atom is -0.394 e. The Labute approximate surface area is 101 Å². The Hall–Kier alpha value is -0.240. The average Bonchev–Trinajstić information content (AvgIpc) is 2.91. The van der Waals surface area contributed by atoms with Gasteiger partial charge < -0.3 is 28.8 Å². The van der Waals surface area contributed by atoms with Gasteiger partial charge in [0.25, 0.3) is 0 Å². The Bertz CT molecular complexity index is 224. The van der Waals surface area contributed by atoms with Gasteiger partial charge in [0, 0.05) is 7.11 Å². The molecule has 1 N–H and O–H groups in total. The topological polar surface area (TPSA) is 66.4 Å². The van der Waals surface area contributed by atoms with Gasteiger partial charge in [-0.3, -0.25) is 0 Å². The summed E-state index contributed by atoms with van der Waals surface area (Å²) in [6, 6.07) is 0. The molecule has 2 saturated heterocycles. The quantitative estimate of drug-likeness (QED) is 0.595. The summed E-state index contributed by atoms with van der Waals surface area (Å²) >= 11 is 0. The van der Waals surface area contributed by atoms with Crippen LogP contribution in [0.15, 0.2) is 0 Å². The van der Waals surface area contributed by atoms with Crippen LogP contribution in [-0.4, -0.2) is 76.3 Å². The SMILES string of the molecule is CO[C@@H]1CO[C@H]2[C@@H]1OC[C@H]2OCCOCCO. The fourth-order valence-electron chi connectivity index (χ4n) is 2.20. The number of rotatable bonds is 7. The second-order valence-electron chi connectivity index (χ2n) is 4.12. The van der Waals surface area contributed by atoms with E-state index in [-0.39, 0.29) is 31.0 Å². The number of methoxy groups -OCH3 is 1. The van der Waals surface area contributed by atoms with Crippen LogP contribution in [-0.2, 0) is 23.7 Å². The summed E-state index contributed by atoms with van der Waals surface area (Å²) in [5.74, 6) is 0. The van der Waals surface area contributed by atoms with Crippen LogP contribution in [0.2, 0.25) is 0 Å². The Morgan fingerprint density at radius 1 is 1.06 bits per heavy atom. The van der Waals surface area contributed by atoms with Crippen molar-refractivity contribution < 1.29 is 28.8 Å². The lowest BCUT2D eigenvalue weighted by Gasteiger charge is -2.16. The average molecular weight is 248 g/mol. The summed E-state index contributed by atoms with van der Waals surface area (Å²) in [7, 11) is 1.66. The molecular weight excluding hydrogens is 228 g/mol. The Morgan fingerprint density at radius 3 is 2.47 bits per heavy atom. The number of aliphatic hydroxyl groups is 1. The predicted molar refractivity (Wildman–Crippen MR) is 57.9 cm³/mol. The summed E-state index contributed by atoms with van der Waals surface area (Å²) in [5.41, 5.74) is 0. The molecule has 0 aromatic carbocycles. The van der Waals surface area contributed by atoms with Crippen LogP contribution < -0.4 is 0 Å². The number of fused-ring (bicyclic) bond motifs is 1. The van der Waals surface area contributed by atoms with Crippen molar-refractivity contribution in [3.05, 3.63) is 0 Å². The fraction of sp³-hybridized carbons (Fsp3) is 1.00.